The van der Waals surface area contributed by atoms with Crippen LogP contribution in [0.15, 0.2) is 53.5 Å². The van der Waals surface area contributed by atoms with Crippen LogP contribution in [0.5, 0.6) is 0 Å². The van der Waals surface area contributed by atoms with Gasteiger partial charge in [0.2, 0.25) is 0 Å². The van der Waals surface area contributed by atoms with Crippen molar-refractivity contribution in [2.45, 2.75) is 13.5 Å². The van der Waals surface area contributed by atoms with Gasteiger partial charge in [-0.2, -0.15) is 0 Å². The highest BCUT2D eigenvalue weighted by atomic mass is 35.5. The monoisotopic (exact) mass is 301 g/mol. The molecule has 0 unspecified atom stereocenters. The highest BCUT2D eigenvalue weighted by Crippen LogP contribution is 2.12. The first kappa shape index (κ1) is 15.1. The number of halogens is 1. The lowest BCUT2D eigenvalue weighted by Crippen LogP contribution is -2.17. The molecular formula is C16H16ClN3O. The van der Waals surface area contributed by atoms with Gasteiger partial charge < -0.3 is 10.3 Å². The van der Waals surface area contributed by atoms with Crippen LogP contribution in [0, 0.1) is 6.92 Å². The van der Waals surface area contributed by atoms with Crippen molar-refractivity contribution in [2.24, 2.45) is 0 Å². The molecule has 4 nitrogen and oxygen atoms in total. The van der Waals surface area contributed by atoms with Gasteiger partial charge in [-0.1, -0.05) is 18.2 Å². The number of hydrogen-bond donors (Lipinski definition) is 2. The van der Waals surface area contributed by atoms with Crippen molar-refractivity contribution in [2.75, 3.05) is 5.32 Å². The molecule has 0 saturated carbocycles. The maximum atomic E-state index is 12.5. The Morgan fingerprint density at radius 3 is 2.67 bits per heavy atom. The standard InChI is InChI=1S/C16H15N3O.ClH/c1-11-13(10-18-15-8-4-5-9-17-15)16(20)12-6-2-3-7-14(12)19-11;/h2-9H,10H2,1H3,(H,17,18)(H,19,20);1H. The highest BCUT2D eigenvalue weighted by Gasteiger charge is 2.08. The molecule has 2 aromatic heterocycles. The summed E-state index contributed by atoms with van der Waals surface area (Å²) in [5.41, 5.74) is 2.57. The van der Waals surface area contributed by atoms with Gasteiger partial charge in [0.15, 0.2) is 5.43 Å². The van der Waals surface area contributed by atoms with Crippen LogP contribution in [-0.2, 0) is 6.54 Å². The van der Waals surface area contributed by atoms with Crippen LogP contribution in [0.3, 0.4) is 0 Å². The molecule has 0 spiro atoms. The molecule has 0 atom stereocenters. The molecule has 0 saturated heterocycles. The number of para-hydroxylation sites is 1. The number of anilines is 1. The molecule has 2 N–H and O–H groups in total. The summed E-state index contributed by atoms with van der Waals surface area (Å²) in [6.45, 7) is 2.38. The maximum Gasteiger partial charge on any atom is 0.194 e. The van der Waals surface area contributed by atoms with Gasteiger partial charge in [-0.25, -0.2) is 4.98 Å². The van der Waals surface area contributed by atoms with Gasteiger partial charge >= 0.3 is 0 Å². The maximum absolute atomic E-state index is 12.5. The minimum absolute atomic E-state index is 0. The van der Waals surface area contributed by atoms with Crippen molar-refractivity contribution in [3.63, 3.8) is 0 Å². The minimum atomic E-state index is 0. The molecule has 0 radical (unpaired) electrons. The summed E-state index contributed by atoms with van der Waals surface area (Å²) in [5, 5.41) is 3.89. The third-order valence-electron chi connectivity index (χ3n) is 3.33. The molecular weight excluding hydrogens is 286 g/mol. The predicted octanol–water partition coefficient (Wildman–Crippen LogP) is 3.27. The van der Waals surface area contributed by atoms with Gasteiger partial charge in [-0.15, -0.1) is 12.4 Å². The number of H-pyrrole nitrogens is 1. The van der Waals surface area contributed by atoms with Gasteiger partial charge in [-0.05, 0) is 31.2 Å². The van der Waals surface area contributed by atoms with Crippen molar-refractivity contribution in [1.29, 1.82) is 0 Å². The molecule has 2 heterocycles. The second-order valence-corrected chi connectivity index (χ2v) is 4.67. The topological polar surface area (TPSA) is 57.8 Å². The summed E-state index contributed by atoms with van der Waals surface area (Å²) in [6.07, 6.45) is 1.72. The number of nitrogens with one attached hydrogen (secondary N) is 2. The van der Waals surface area contributed by atoms with Crippen LogP contribution < -0.4 is 10.7 Å². The highest BCUT2D eigenvalue weighted by molar-refractivity contribution is 5.85. The number of pyridine rings is 2. The van der Waals surface area contributed by atoms with E-state index in [2.05, 4.69) is 15.3 Å². The third kappa shape index (κ3) is 3.06. The van der Waals surface area contributed by atoms with E-state index in [1.807, 2.05) is 49.4 Å². The van der Waals surface area contributed by atoms with E-state index in [4.69, 9.17) is 0 Å². The van der Waals surface area contributed by atoms with Gasteiger partial charge in [0.05, 0.1) is 0 Å². The first-order valence-electron chi connectivity index (χ1n) is 6.51. The van der Waals surface area contributed by atoms with Crippen molar-refractivity contribution >= 4 is 29.1 Å². The Kier molecular flexibility index (Phi) is 4.60. The summed E-state index contributed by atoms with van der Waals surface area (Å²) in [6, 6.07) is 13.2. The summed E-state index contributed by atoms with van der Waals surface area (Å²) >= 11 is 0. The average molecular weight is 302 g/mol. The number of fused-ring (bicyclic) bond motifs is 1. The number of aryl methyl sites for hydroxylation is 1. The van der Waals surface area contributed by atoms with Crippen molar-refractivity contribution in [3.8, 4) is 0 Å². The predicted molar refractivity (Wildman–Crippen MR) is 88.1 cm³/mol. The van der Waals surface area contributed by atoms with E-state index in [0.29, 0.717) is 6.54 Å². The number of aromatic amines is 1. The third-order valence-corrected chi connectivity index (χ3v) is 3.33. The molecule has 108 valence electrons. The largest absolute Gasteiger partial charge is 0.366 e. The zero-order valence-electron chi connectivity index (χ0n) is 11.6. The Labute approximate surface area is 128 Å². The van der Waals surface area contributed by atoms with Crippen molar-refractivity contribution < 1.29 is 0 Å². The van der Waals surface area contributed by atoms with E-state index in [-0.39, 0.29) is 17.8 Å². The van der Waals surface area contributed by atoms with E-state index in [1.54, 1.807) is 6.20 Å². The number of rotatable bonds is 3. The quantitative estimate of drug-likeness (QED) is 0.780. The van der Waals surface area contributed by atoms with E-state index >= 15 is 0 Å². The number of benzene rings is 1. The number of aromatic nitrogens is 2. The fourth-order valence-electron chi connectivity index (χ4n) is 2.26. The summed E-state index contributed by atoms with van der Waals surface area (Å²) in [7, 11) is 0. The Morgan fingerprint density at radius 2 is 1.90 bits per heavy atom. The molecule has 0 bridgehead atoms. The van der Waals surface area contributed by atoms with Crippen molar-refractivity contribution in [1.82, 2.24) is 9.97 Å². The molecule has 0 aliphatic heterocycles. The van der Waals surface area contributed by atoms with Gasteiger partial charge in [0.1, 0.15) is 5.82 Å². The zero-order chi connectivity index (χ0) is 13.9. The molecule has 1 aromatic carbocycles. The Balaban J connectivity index is 0.00000161. The summed E-state index contributed by atoms with van der Waals surface area (Å²) in [4.78, 5) is 20.0. The van der Waals surface area contributed by atoms with Crippen LogP contribution in [0.25, 0.3) is 10.9 Å². The normalized spacial score (nSPS) is 10.1. The van der Waals surface area contributed by atoms with Gasteiger partial charge in [-0.3, -0.25) is 4.79 Å². The van der Waals surface area contributed by atoms with E-state index in [1.165, 1.54) is 0 Å². The number of nitrogens with zero attached hydrogens (tertiary/aromatic N) is 1. The fourth-order valence-corrected chi connectivity index (χ4v) is 2.26. The second kappa shape index (κ2) is 6.41. The molecule has 3 rings (SSSR count). The second-order valence-electron chi connectivity index (χ2n) is 4.67. The molecule has 3 aromatic rings. The van der Waals surface area contributed by atoms with Crippen LogP contribution in [0.1, 0.15) is 11.3 Å². The molecule has 0 aliphatic rings. The van der Waals surface area contributed by atoms with Crippen LogP contribution >= 0.6 is 12.4 Å². The van der Waals surface area contributed by atoms with Crippen LogP contribution in [-0.4, -0.2) is 9.97 Å². The van der Waals surface area contributed by atoms with E-state index in [0.717, 1.165) is 28.0 Å². The Hall–Kier alpha value is -2.33. The molecule has 0 fully saturated rings. The Morgan fingerprint density at radius 1 is 1.14 bits per heavy atom. The van der Waals surface area contributed by atoms with Crippen molar-refractivity contribution in [3.05, 3.63) is 70.1 Å². The smallest absolute Gasteiger partial charge is 0.194 e. The zero-order valence-corrected chi connectivity index (χ0v) is 12.4. The summed E-state index contributed by atoms with van der Waals surface area (Å²) < 4.78 is 0. The first-order valence-corrected chi connectivity index (χ1v) is 6.51. The van der Waals surface area contributed by atoms with E-state index in [9.17, 15) is 4.79 Å². The lowest BCUT2D eigenvalue weighted by molar-refractivity contribution is 1.04. The Bertz CT molecular complexity index is 799. The fraction of sp³-hybridized carbons (Fsp3) is 0.125. The lowest BCUT2D eigenvalue weighted by Gasteiger charge is -2.09. The van der Waals surface area contributed by atoms with E-state index < -0.39 is 0 Å². The average Bonchev–Trinajstić information content (AvgIpc) is 2.48. The molecule has 0 amide bonds. The number of hydrogen-bond acceptors (Lipinski definition) is 3. The molecule has 5 heteroatoms. The minimum Gasteiger partial charge on any atom is -0.366 e. The first-order chi connectivity index (χ1) is 9.75. The summed E-state index contributed by atoms with van der Waals surface area (Å²) in [5.74, 6) is 0.763. The molecule has 0 aliphatic carbocycles. The van der Waals surface area contributed by atoms with Crippen LogP contribution in [0.4, 0.5) is 5.82 Å². The SMILES string of the molecule is Cc1[nH]c2ccccc2c(=O)c1CNc1ccccn1.Cl. The van der Waals surface area contributed by atoms with Gasteiger partial charge in [0.25, 0.3) is 0 Å². The van der Waals surface area contributed by atoms with Crippen LogP contribution in [0.2, 0.25) is 0 Å². The lowest BCUT2D eigenvalue weighted by atomic mass is 10.1. The molecule has 21 heavy (non-hydrogen) atoms. The van der Waals surface area contributed by atoms with Gasteiger partial charge in [0, 0.05) is 34.9 Å².